The Bertz CT molecular complexity index is 418. The predicted octanol–water partition coefficient (Wildman–Crippen LogP) is 1.36. The number of aromatic hydroxyl groups is 1. The maximum Gasteiger partial charge on any atom is 0.222 e. The van der Waals surface area contributed by atoms with E-state index in [1.54, 1.807) is 6.07 Å². The lowest BCUT2D eigenvalue weighted by molar-refractivity contribution is -0.133. The Kier molecular flexibility index (Phi) is 3.64. The maximum absolute atomic E-state index is 11.7. The van der Waals surface area contributed by atoms with Gasteiger partial charge in [0, 0.05) is 31.6 Å². The average molecular weight is 234 g/mol. The van der Waals surface area contributed by atoms with E-state index in [-0.39, 0.29) is 11.7 Å². The summed E-state index contributed by atoms with van der Waals surface area (Å²) >= 11 is 0. The number of amides is 1. The molecule has 0 radical (unpaired) electrons. The molecule has 92 valence electrons. The first kappa shape index (κ1) is 11.9. The van der Waals surface area contributed by atoms with Crippen LogP contribution in [0.25, 0.3) is 0 Å². The second kappa shape index (κ2) is 5.19. The van der Waals surface area contributed by atoms with Crippen LogP contribution in [0.4, 0.5) is 0 Å². The molecule has 0 atom stereocenters. The van der Waals surface area contributed by atoms with Crippen molar-refractivity contribution >= 4 is 5.91 Å². The van der Waals surface area contributed by atoms with E-state index < -0.39 is 0 Å². The van der Waals surface area contributed by atoms with Crippen LogP contribution in [-0.4, -0.2) is 22.5 Å². The monoisotopic (exact) mass is 234 g/mol. The summed E-state index contributed by atoms with van der Waals surface area (Å²) in [4.78, 5) is 13.5. The number of nitrogens with two attached hydrogens (primary N) is 1. The number of likely N-dealkylation sites (tertiary alicyclic amines) is 1. The van der Waals surface area contributed by atoms with Crippen LogP contribution in [0.5, 0.6) is 5.75 Å². The molecule has 0 unspecified atom stereocenters. The number of piperidine rings is 1. The molecule has 4 nitrogen and oxygen atoms in total. The summed E-state index contributed by atoms with van der Waals surface area (Å²) in [6.45, 7) is 1.76. The molecule has 1 aromatic rings. The maximum atomic E-state index is 11.7. The van der Waals surface area contributed by atoms with Gasteiger partial charge in [-0.1, -0.05) is 6.07 Å². The Hall–Kier alpha value is -1.55. The summed E-state index contributed by atoms with van der Waals surface area (Å²) in [6.07, 6.45) is 2.73. The molecule has 17 heavy (non-hydrogen) atoms. The van der Waals surface area contributed by atoms with E-state index in [1.165, 1.54) is 0 Å². The van der Waals surface area contributed by atoms with Crippen molar-refractivity contribution in [2.75, 3.05) is 6.54 Å². The van der Waals surface area contributed by atoms with Crippen LogP contribution in [0.15, 0.2) is 18.2 Å². The topological polar surface area (TPSA) is 66.6 Å². The second-order valence-corrected chi connectivity index (χ2v) is 4.44. The lowest BCUT2D eigenvalue weighted by atomic mass is 10.1. The molecule has 1 fully saturated rings. The van der Waals surface area contributed by atoms with Gasteiger partial charge in [0.25, 0.3) is 0 Å². The van der Waals surface area contributed by atoms with Gasteiger partial charge in [-0.05, 0) is 30.5 Å². The highest BCUT2D eigenvalue weighted by Crippen LogP contribution is 2.20. The number of benzene rings is 1. The molecule has 0 bridgehead atoms. The first-order chi connectivity index (χ1) is 8.20. The van der Waals surface area contributed by atoms with Crippen molar-refractivity contribution in [2.24, 2.45) is 5.73 Å². The molecule has 0 spiro atoms. The molecule has 0 aliphatic carbocycles. The Morgan fingerprint density at radius 1 is 1.35 bits per heavy atom. The van der Waals surface area contributed by atoms with Crippen LogP contribution in [0.1, 0.15) is 30.4 Å². The van der Waals surface area contributed by atoms with E-state index in [2.05, 4.69) is 0 Å². The van der Waals surface area contributed by atoms with Crippen molar-refractivity contribution in [3.05, 3.63) is 29.3 Å². The van der Waals surface area contributed by atoms with Crippen LogP contribution in [0.3, 0.4) is 0 Å². The first-order valence-electron chi connectivity index (χ1n) is 5.99. The Balaban J connectivity index is 2.10. The summed E-state index contributed by atoms with van der Waals surface area (Å²) in [5.74, 6) is 0.444. The average Bonchev–Trinajstić information content (AvgIpc) is 2.34. The SMILES string of the molecule is NCc1cc(CN2CCCCC2=O)ccc1O. The Labute approximate surface area is 101 Å². The lowest BCUT2D eigenvalue weighted by Crippen LogP contribution is -2.34. The zero-order valence-electron chi connectivity index (χ0n) is 9.85. The van der Waals surface area contributed by atoms with Gasteiger partial charge in [-0.25, -0.2) is 0 Å². The number of carbonyl (C=O) groups excluding carboxylic acids is 1. The van der Waals surface area contributed by atoms with Gasteiger partial charge >= 0.3 is 0 Å². The lowest BCUT2D eigenvalue weighted by Gasteiger charge is -2.27. The summed E-state index contributed by atoms with van der Waals surface area (Å²) in [7, 11) is 0. The molecule has 4 heteroatoms. The standard InChI is InChI=1S/C13H18N2O2/c14-8-11-7-10(4-5-12(11)16)9-15-6-2-1-3-13(15)17/h4-5,7,16H,1-3,6,8-9,14H2. The van der Waals surface area contributed by atoms with Crippen molar-refractivity contribution in [2.45, 2.75) is 32.4 Å². The largest absolute Gasteiger partial charge is 0.508 e. The van der Waals surface area contributed by atoms with Gasteiger partial charge in [-0.3, -0.25) is 4.79 Å². The third-order valence-electron chi connectivity index (χ3n) is 3.16. The zero-order valence-corrected chi connectivity index (χ0v) is 9.85. The fraction of sp³-hybridized carbons (Fsp3) is 0.462. The highest BCUT2D eigenvalue weighted by molar-refractivity contribution is 5.76. The van der Waals surface area contributed by atoms with Gasteiger partial charge in [0.1, 0.15) is 5.75 Å². The van der Waals surface area contributed by atoms with Gasteiger partial charge in [-0.15, -0.1) is 0 Å². The van der Waals surface area contributed by atoms with Gasteiger partial charge in [-0.2, -0.15) is 0 Å². The van der Waals surface area contributed by atoms with E-state index in [0.717, 1.165) is 30.5 Å². The fourth-order valence-corrected chi connectivity index (χ4v) is 2.15. The summed E-state index contributed by atoms with van der Waals surface area (Å²) in [5.41, 5.74) is 7.29. The highest BCUT2D eigenvalue weighted by atomic mass is 16.3. The number of carbonyl (C=O) groups is 1. The number of phenols is 1. The van der Waals surface area contributed by atoms with Crippen LogP contribution in [0.2, 0.25) is 0 Å². The number of nitrogens with zero attached hydrogens (tertiary/aromatic N) is 1. The minimum atomic E-state index is 0.221. The number of phenolic OH excluding ortho intramolecular Hbond substituents is 1. The normalized spacial score (nSPS) is 16.3. The summed E-state index contributed by atoms with van der Waals surface area (Å²) < 4.78 is 0. The van der Waals surface area contributed by atoms with Crippen LogP contribution < -0.4 is 5.73 Å². The molecule has 1 aromatic carbocycles. The Morgan fingerprint density at radius 2 is 2.18 bits per heavy atom. The summed E-state index contributed by atoms with van der Waals surface area (Å²) in [6, 6.07) is 5.36. The van der Waals surface area contributed by atoms with Crippen molar-refractivity contribution in [1.82, 2.24) is 4.90 Å². The third kappa shape index (κ3) is 2.77. The van der Waals surface area contributed by atoms with E-state index in [9.17, 15) is 9.90 Å². The number of hydrogen-bond donors (Lipinski definition) is 2. The van der Waals surface area contributed by atoms with Gasteiger partial charge < -0.3 is 15.7 Å². The van der Waals surface area contributed by atoms with Gasteiger partial charge in [0.05, 0.1) is 0 Å². The molecule has 0 saturated carbocycles. The molecule has 2 rings (SSSR count). The number of hydrogen-bond acceptors (Lipinski definition) is 3. The quantitative estimate of drug-likeness (QED) is 0.830. The predicted molar refractivity (Wildman–Crippen MR) is 65.3 cm³/mol. The minimum Gasteiger partial charge on any atom is -0.508 e. The van der Waals surface area contributed by atoms with E-state index in [0.29, 0.717) is 19.5 Å². The highest BCUT2D eigenvalue weighted by Gasteiger charge is 2.18. The first-order valence-corrected chi connectivity index (χ1v) is 5.99. The van der Waals surface area contributed by atoms with E-state index in [4.69, 9.17) is 5.73 Å². The zero-order chi connectivity index (χ0) is 12.3. The minimum absolute atomic E-state index is 0.221. The molecule has 1 aliphatic rings. The van der Waals surface area contributed by atoms with Crippen molar-refractivity contribution in [3.63, 3.8) is 0 Å². The third-order valence-corrected chi connectivity index (χ3v) is 3.16. The molecule has 1 saturated heterocycles. The molecule has 3 N–H and O–H groups in total. The fourth-order valence-electron chi connectivity index (χ4n) is 2.15. The molecular weight excluding hydrogens is 216 g/mol. The smallest absolute Gasteiger partial charge is 0.222 e. The summed E-state index contributed by atoms with van der Waals surface area (Å²) in [5, 5.41) is 9.53. The Morgan fingerprint density at radius 3 is 2.88 bits per heavy atom. The molecule has 1 amide bonds. The molecule has 1 aliphatic heterocycles. The van der Waals surface area contributed by atoms with Crippen molar-refractivity contribution in [3.8, 4) is 5.75 Å². The van der Waals surface area contributed by atoms with Crippen molar-refractivity contribution in [1.29, 1.82) is 0 Å². The van der Waals surface area contributed by atoms with Crippen LogP contribution in [-0.2, 0) is 17.9 Å². The van der Waals surface area contributed by atoms with Gasteiger partial charge in [0.2, 0.25) is 5.91 Å². The van der Waals surface area contributed by atoms with Gasteiger partial charge in [0.15, 0.2) is 0 Å². The van der Waals surface area contributed by atoms with Crippen LogP contribution in [0, 0.1) is 0 Å². The van der Waals surface area contributed by atoms with Crippen LogP contribution >= 0.6 is 0 Å². The number of rotatable bonds is 3. The van der Waals surface area contributed by atoms with Crippen molar-refractivity contribution < 1.29 is 9.90 Å². The molecular formula is C13H18N2O2. The molecule has 0 aromatic heterocycles. The van der Waals surface area contributed by atoms with E-state index >= 15 is 0 Å². The molecule has 1 heterocycles. The second-order valence-electron chi connectivity index (χ2n) is 4.44. The van der Waals surface area contributed by atoms with E-state index in [1.807, 2.05) is 17.0 Å².